The summed E-state index contributed by atoms with van der Waals surface area (Å²) >= 11 is 12.8. The molecule has 0 bridgehead atoms. The van der Waals surface area contributed by atoms with Crippen LogP contribution in [0.4, 0.5) is 0 Å². The van der Waals surface area contributed by atoms with E-state index in [2.05, 4.69) is 6.07 Å². The Hall–Kier alpha value is -2.65. The van der Waals surface area contributed by atoms with E-state index in [1.807, 2.05) is 13.8 Å². The molecule has 5 nitrogen and oxygen atoms in total. The van der Waals surface area contributed by atoms with Crippen LogP contribution in [0, 0.1) is 25.2 Å². The van der Waals surface area contributed by atoms with Crippen LogP contribution in [0.15, 0.2) is 29.8 Å². The summed E-state index contributed by atoms with van der Waals surface area (Å²) in [5.41, 5.74) is 3.98. The highest BCUT2D eigenvalue weighted by Gasteiger charge is 2.26. The number of nitrogens with zero attached hydrogens (tertiary/aromatic N) is 2. The number of carbonyl (C=O) groups is 2. The summed E-state index contributed by atoms with van der Waals surface area (Å²) in [7, 11) is 0. The molecule has 2 aromatic rings. The van der Waals surface area contributed by atoms with Crippen molar-refractivity contribution in [1.82, 2.24) is 4.90 Å². The number of morpholine rings is 1. The van der Waals surface area contributed by atoms with Crippen LogP contribution in [-0.4, -0.2) is 42.9 Å². The Kier molecular flexibility index (Phi) is 7.17. The van der Waals surface area contributed by atoms with Crippen molar-refractivity contribution in [3.8, 4) is 6.07 Å². The van der Waals surface area contributed by atoms with Crippen molar-refractivity contribution in [2.75, 3.05) is 26.3 Å². The number of allylic oxidation sites excluding steroid dienone is 1. The van der Waals surface area contributed by atoms with E-state index in [-0.39, 0.29) is 32.9 Å². The standard InChI is InChI=1S/C24H22Cl2N2O3/c1-14-10-17(13-27)11-15(2)19(14)12-16(3)23(29)21-20(25)5-4-18(22(21)26)24(30)28-6-8-31-9-7-28/h4-5,10-12H,6-9H2,1-3H3/b16-12+. The van der Waals surface area contributed by atoms with Crippen LogP contribution in [0.5, 0.6) is 0 Å². The van der Waals surface area contributed by atoms with Crippen molar-refractivity contribution in [3.05, 3.63) is 73.3 Å². The highest BCUT2D eigenvalue weighted by atomic mass is 35.5. The summed E-state index contributed by atoms with van der Waals surface area (Å²) in [5.74, 6) is -0.603. The number of rotatable bonds is 4. The molecule has 1 aliphatic rings. The van der Waals surface area contributed by atoms with E-state index in [0.717, 1.165) is 16.7 Å². The lowest BCUT2D eigenvalue weighted by Gasteiger charge is -2.27. The van der Waals surface area contributed by atoms with Gasteiger partial charge < -0.3 is 9.64 Å². The minimum absolute atomic E-state index is 0.0509. The molecule has 3 rings (SSSR count). The molecule has 0 aromatic heterocycles. The van der Waals surface area contributed by atoms with Crippen LogP contribution < -0.4 is 0 Å². The van der Waals surface area contributed by atoms with Crippen LogP contribution in [0.2, 0.25) is 10.0 Å². The quantitative estimate of drug-likeness (QED) is 0.465. The minimum Gasteiger partial charge on any atom is -0.378 e. The molecule has 0 radical (unpaired) electrons. The van der Waals surface area contributed by atoms with E-state index in [4.69, 9.17) is 33.2 Å². The van der Waals surface area contributed by atoms with Gasteiger partial charge in [0.1, 0.15) is 0 Å². The highest BCUT2D eigenvalue weighted by Crippen LogP contribution is 2.32. The van der Waals surface area contributed by atoms with Crippen molar-refractivity contribution in [2.24, 2.45) is 0 Å². The Morgan fingerprint density at radius 2 is 1.74 bits per heavy atom. The van der Waals surface area contributed by atoms with Crippen molar-refractivity contribution in [3.63, 3.8) is 0 Å². The molecule has 1 fully saturated rings. The average molecular weight is 457 g/mol. The number of ketones is 1. The molecular formula is C24H22Cl2N2O3. The van der Waals surface area contributed by atoms with Crippen molar-refractivity contribution in [1.29, 1.82) is 5.26 Å². The van der Waals surface area contributed by atoms with Crippen LogP contribution in [0.3, 0.4) is 0 Å². The first-order valence-corrected chi connectivity index (χ1v) is 10.6. The average Bonchev–Trinajstić information content (AvgIpc) is 2.76. The molecule has 31 heavy (non-hydrogen) atoms. The summed E-state index contributed by atoms with van der Waals surface area (Å²) in [6.07, 6.45) is 1.76. The van der Waals surface area contributed by atoms with Crippen LogP contribution in [0.25, 0.3) is 6.08 Å². The third-order valence-electron chi connectivity index (χ3n) is 5.29. The zero-order chi connectivity index (χ0) is 22.7. The third-order valence-corrected chi connectivity index (χ3v) is 6.00. The van der Waals surface area contributed by atoms with Gasteiger partial charge in [0.15, 0.2) is 5.78 Å². The molecule has 0 aliphatic carbocycles. The molecule has 160 valence electrons. The zero-order valence-electron chi connectivity index (χ0n) is 17.6. The molecule has 1 amide bonds. The fourth-order valence-electron chi connectivity index (χ4n) is 3.61. The molecule has 0 atom stereocenters. The monoisotopic (exact) mass is 456 g/mol. The number of halogens is 2. The lowest BCUT2D eigenvalue weighted by molar-refractivity contribution is 0.0303. The van der Waals surface area contributed by atoms with Crippen molar-refractivity contribution >= 4 is 41.0 Å². The van der Waals surface area contributed by atoms with Gasteiger partial charge in [-0.15, -0.1) is 0 Å². The maximum Gasteiger partial charge on any atom is 0.255 e. The maximum absolute atomic E-state index is 13.3. The van der Waals surface area contributed by atoms with Gasteiger partial charge in [0.25, 0.3) is 5.91 Å². The Labute approximate surface area is 191 Å². The lowest BCUT2D eigenvalue weighted by Crippen LogP contribution is -2.40. The highest BCUT2D eigenvalue weighted by molar-refractivity contribution is 6.43. The number of Topliss-reactive ketones (excluding diaryl/α,β-unsaturated/α-hetero) is 1. The molecule has 1 aliphatic heterocycles. The first kappa shape index (κ1) is 23.0. The van der Waals surface area contributed by atoms with Gasteiger partial charge in [0.2, 0.25) is 0 Å². The van der Waals surface area contributed by atoms with E-state index >= 15 is 0 Å². The lowest BCUT2D eigenvalue weighted by atomic mass is 9.95. The topological polar surface area (TPSA) is 70.4 Å². The van der Waals surface area contributed by atoms with Gasteiger partial charge in [-0.1, -0.05) is 23.2 Å². The van der Waals surface area contributed by atoms with E-state index < -0.39 is 0 Å². The van der Waals surface area contributed by atoms with E-state index in [1.165, 1.54) is 6.07 Å². The number of benzene rings is 2. The molecule has 0 unspecified atom stereocenters. The van der Waals surface area contributed by atoms with Crippen LogP contribution in [-0.2, 0) is 4.74 Å². The number of aryl methyl sites for hydroxylation is 2. The molecular weight excluding hydrogens is 435 g/mol. The second-order valence-corrected chi connectivity index (χ2v) is 8.27. The minimum atomic E-state index is -0.352. The fraction of sp³-hybridized carbons (Fsp3) is 0.292. The molecule has 7 heteroatoms. The summed E-state index contributed by atoms with van der Waals surface area (Å²) in [4.78, 5) is 27.8. The van der Waals surface area contributed by atoms with Gasteiger partial charge in [-0.3, -0.25) is 9.59 Å². The summed E-state index contributed by atoms with van der Waals surface area (Å²) in [6.45, 7) is 7.33. The normalized spacial score (nSPS) is 14.3. The summed E-state index contributed by atoms with van der Waals surface area (Å²) < 4.78 is 5.29. The number of hydrogen-bond donors (Lipinski definition) is 0. The summed E-state index contributed by atoms with van der Waals surface area (Å²) in [5, 5.41) is 9.38. The van der Waals surface area contributed by atoms with Gasteiger partial charge in [-0.2, -0.15) is 5.26 Å². The van der Waals surface area contributed by atoms with E-state index in [9.17, 15) is 9.59 Å². The smallest absolute Gasteiger partial charge is 0.255 e. The fourth-order valence-corrected chi connectivity index (χ4v) is 4.23. The molecule has 1 saturated heterocycles. The molecule has 0 spiro atoms. The Morgan fingerprint density at radius 1 is 1.13 bits per heavy atom. The van der Waals surface area contributed by atoms with Gasteiger partial charge in [-0.05, 0) is 73.4 Å². The van der Waals surface area contributed by atoms with Crippen molar-refractivity contribution in [2.45, 2.75) is 20.8 Å². The number of carbonyl (C=O) groups excluding carboxylic acids is 2. The Bertz CT molecular complexity index is 1100. The predicted octanol–water partition coefficient (Wildman–Crippen LogP) is 5.24. The number of ether oxygens (including phenoxy) is 1. The Balaban J connectivity index is 1.99. The summed E-state index contributed by atoms with van der Waals surface area (Å²) in [6, 6.07) is 8.76. The SMILES string of the molecule is C/C(=C\c1c(C)cc(C#N)cc1C)C(=O)c1c(Cl)ccc(C(=O)N2CCOCC2)c1Cl. The number of nitriles is 1. The van der Waals surface area contributed by atoms with Gasteiger partial charge >= 0.3 is 0 Å². The second-order valence-electron chi connectivity index (χ2n) is 7.48. The third kappa shape index (κ3) is 4.83. The molecule has 0 N–H and O–H groups in total. The Morgan fingerprint density at radius 3 is 2.32 bits per heavy atom. The molecule has 0 saturated carbocycles. The zero-order valence-corrected chi connectivity index (χ0v) is 19.1. The largest absolute Gasteiger partial charge is 0.378 e. The maximum atomic E-state index is 13.3. The number of amides is 1. The van der Waals surface area contributed by atoms with E-state index in [0.29, 0.717) is 37.4 Å². The molecule has 1 heterocycles. The first-order chi connectivity index (χ1) is 14.7. The second kappa shape index (κ2) is 9.65. The van der Waals surface area contributed by atoms with E-state index in [1.54, 1.807) is 36.1 Å². The predicted molar refractivity (Wildman–Crippen MR) is 122 cm³/mol. The number of hydrogen-bond acceptors (Lipinski definition) is 4. The first-order valence-electron chi connectivity index (χ1n) is 9.84. The van der Waals surface area contributed by atoms with Crippen LogP contribution in [0.1, 0.15) is 49.9 Å². The van der Waals surface area contributed by atoms with Crippen LogP contribution >= 0.6 is 23.2 Å². The molecule has 2 aromatic carbocycles. The van der Waals surface area contributed by atoms with Gasteiger partial charge in [0.05, 0.1) is 46.0 Å². The van der Waals surface area contributed by atoms with Gasteiger partial charge in [-0.25, -0.2) is 0 Å². The van der Waals surface area contributed by atoms with Crippen molar-refractivity contribution < 1.29 is 14.3 Å². The van der Waals surface area contributed by atoms with Gasteiger partial charge in [0, 0.05) is 13.1 Å².